The number of hydrogen-bond acceptors (Lipinski definition) is 5. The molecular weight excluding hydrogens is 302 g/mol. The average molecular weight is 323 g/mol. The standard InChI is InChI=1S/C15H21N3O3S/c19-14(12-2-9-22-11-12)17-4-1-5-18(7-6-17)15(20)13-10-21-8-3-16-13/h2,9,11,13,16H,1,3-8,10H2. The molecule has 3 heterocycles. The van der Waals surface area contributed by atoms with Gasteiger partial charge < -0.3 is 19.9 Å². The third-order valence-electron chi connectivity index (χ3n) is 4.08. The summed E-state index contributed by atoms with van der Waals surface area (Å²) in [6.07, 6.45) is 0.815. The Morgan fingerprint density at radius 1 is 1.23 bits per heavy atom. The van der Waals surface area contributed by atoms with Crippen LogP contribution >= 0.6 is 11.3 Å². The third-order valence-corrected chi connectivity index (χ3v) is 4.77. The normalized spacial score (nSPS) is 23.2. The van der Waals surface area contributed by atoms with E-state index in [2.05, 4.69) is 5.32 Å². The van der Waals surface area contributed by atoms with E-state index < -0.39 is 0 Å². The second kappa shape index (κ2) is 7.21. The molecule has 2 fully saturated rings. The highest BCUT2D eigenvalue weighted by atomic mass is 32.1. The van der Waals surface area contributed by atoms with Crippen molar-refractivity contribution >= 4 is 23.2 Å². The van der Waals surface area contributed by atoms with E-state index in [0.717, 1.165) is 12.0 Å². The summed E-state index contributed by atoms with van der Waals surface area (Å²) in [4.78, 5) is 28.6. The van der Waals surface area contributed by atoms with E-state index in [1.165, 1.54) is 11.3 Å². The fraction of sp³-hybridized carbons (Fsp3) is 0.600. The van der Waals surface area contributed by atoms with Gasteiger partial charge in [0.05, 0.1) is 18.8 Å². The third kappa shape index (κ3) is 3.48. The molecule has 0 aliphatic carbocycles. The van der Waals surface area contributed by atoms with E-state index in [1.807, 2.05) is 26.6 Å². The van der Waals surface area contributed by atoms with Crippen LogP contribution in [0.2, 0.25) is 0 Å². The van der Waals surface area contributed by atoms with Crippen LogP contribution in [0.1, 0.15) is 16.8 Å². The molecule has 0 spiro atoms. The summed E-state index contributed by atoms with van der Waals surface area (Å²) in [5.74, 6) is 0.152. The number of carbonyl (C=O) groups excluding carboxylic acids is 2. The minimum atomic E-state index is -0.243. The Labute approximate surface area is 134 Å². The van der Waals surface area contributed by atoms with Gasteiger partial charge in [0, 0.05) is 38.1 Å². The molecule has 2 saturated heterocycles. The van der Waals surface area contributed by atoms with Crippen LogP contribution in [-0.4, -0.2) is 73.6 Å². The van der Waals surface area contributed by atoms with Gasteiger partial charge in [-0.25, -0.2) is 0 Å². The number of carbonyl (C=O) groups is 2. The smallest absolute Gasteiger partial charge is 0.254 e. The first-order chi connectivity index (χ1) is 10.8. The first-order valence-corrected chi connectivity index (χ1v) is 8.61. The molecule has 120 valence electrons. The molecule has 6 nitrogen and oxygen atoms in total. The number of nitrogens with zero attached hydrogens (tertiary/aromatic N) is 2. The Morgan fingerprint density at radius 2 is 2.05 bits per heavy atom. The second-order valence-corrected chi connectivity index (χ2v) is 6.34. The molecule has 3 rings (SSSR count). The van der Waals surface area contributed by atoms with Crippen LogP contribution in [0.15, 0.2) is 16.8 Å². The highest BCUT2D eigenvalue weighted by Gasteiger charge is 2.28. The molecule has 1 aromatic heterocycles. The van der Waals surface area contributed by atoms with E-state index in [9.17, 15) is 9.59 Å². The lowest BCUT2D eigenvalue weighted by atomic mass is 10.2. The van der Waals surface area contributed by atoms with Gasteiger partial charge in [0.25, 0.3) is 5.91 Å². The summed E-state index contributed by atoms with van der Waals surface area (Å²) in [5.41, 5.74) is 0.743. The summed E-state index contributed by atoms with van der Waals surface area (Å²) in [6, 6.07) is 1.61. The van der Waals surface area contributed by atoms with Gasteiger partial charge in [-0.15, -0.1) is 0 Å². The first-order valence-electron chi connectivity index (χ1n) is 7.67. The van der Waals surface area contributed by atoms with Crippen molar-refractivity contribution < 1.29 is 14.3 Å². The summed E-state index contributed by atoms with van der Waals surface area (Å²) in [7, 11) is 0. The first kappa shape index (κ1) is 15.5. The summed E-state index contributed by atoms with van der Waals surface area (Å²) >= 11 is 1.53. The molecule has 0 bridgehead atoms. The largest absolute Gasteiger partial charge is 0.378 e. The summed E-state index contributed by atoms with van der Waals surface area (Å²) in [5, 5.41) is 6.98. The molecule has 1 N–H and O–H groups in total. The SMILES string of the molecule is O=C(c1ccsc1)N1CCCN(C(=O)C2COCCN2)CC1. The molecule has 0 radical (unpaired) electrons. The highest BCUT2D eigenvalue weighted by molar-refractivity contribution is 7.08. The number of morpholine rings is 1. The van der Waals surface area contributed by atoms with E-state index >= 15 is 0 Å². The van der Waals surface area contributed by atoms with Crippen LogP contribution in [0.4, 0.5) is 0 Å². The van der Waals surface area contributed by atoms with Gasteiger partial charge in [-0.1, -0.05) is 0 Å². The van der Waals surface area contributed by atoms with Gasteiger partial charge in [0.2, 0.25) is 5.91 Å². The molecule has 1 aromatic rings. The molecule has 1 atom stereocenters. The van der Waals surface area contributed by atoms with Gasteiger partial charge >= 0.3 is 0 Å². The Bertz CT molecular complexity index is 514. The van der Waals surface area contributed by atoms with Crippen molar-refractivity contribution in [3.05, 3.63) is 22.4 Å². The van der Waals surface area contributed by atoms with Crippen molar-refractivity contribution in [1.29, 1.82) is 0 Å². The maximum absolute atomic E-state index is 12.5. The lowest BCUT2D eigenvalue weighted by molar-refractivity contribution is -0.136. The van der Waals surface area contributed by atoms with Crippen LogP contribution in [0, 0.1) is 0 Å². The Kier molecular flexibility index (Phi) is 5.07. The topological polar surface area (TPSA) is 61.9 Å². The zero-order chi connectivity index (χ0) is 15.4. The van der Waals surface area contributed by atoms with E-state index in [1.54, 1.807) is 0 Å². The number of hydrogen-bond donors (Lipinski definition) is 1. The van der Waals surface area contributed by atoms with Crippen LogP contribution in [-0.2, 0) is 9.53 Å². The molecule has 1 unspecified atom stereocenters. The molecule has 22 heavy (non-hydrogen) atoms. The van der Waals surface area contributed by atoms with E-state index in [-0.39, 0.29) is 17.9 Å². The Hall–Kier alpha value is -1.44. The summed E-state index contributed by atoms with van der Waals surface area (Å²) < 4.78 is 5.36. The molecule has 0 saturated carbocycles. The zero-order valence-corrected chi connectivity index (χ0v) is 13.3. The van der Waals surface area contributed by atoms with Gasteiger partial charge in [0.15, 0.2) is 0 Å². The number of amides is 2. The van der Waals surface area contributed by atoms with Crippen molar-refractivity contribution in [2.45, 2.75) is 12.5 Å². The maximum atomic E-state index is 12.5. The second-order valence-electron chi connectivity index (χ2n) is 5.56. The van der Waals surface area contributed by atoms with Crippen molar-refractivity contribution in [2.75, 3.05) is 45.9 Å². The number of ether oxygens (including phenoxy) is 1. The van der Waals surface area contributed by atoms with Crippen LogP contribution < -0.4 is 5.32 Å². The summed E-state index contributed by atoms with van der Waals surface area (Å²) in [6.45, 7) is 4.39. The van der Waals surface area contributed by atoms with Crippen molar-refractivity contribution in [3.63, 3.8) is 0 Å². The fourth-order valence-corrected chi connectivity index (χ4v) is 3.48. The predicted octanol–water partition coefficient (Wildman–Crippen LogP) is 0.411. The maximum Gasteiger partial charge on any atom is 0.254 e. The quantitative estimate of drug-likeness (QED) is 0.856. The molecule has 7 heteroatoms. The number of nitrogens with one attached hydrogen (secondary N) is 1. The van der Waals surface area contributed by atoms with Gasteiger partial charge in [0.1, 0.15) is 6.04 Å². The van der Waals surface area contributed by atoms with E-state index in [4.69, 9.17) is 4.74 Å². The van der Waals surface area contributed by atoms with Crippen LogP contribution in [0.25, 0.3) is 0 Å². The van der Waals surface area contributed by atoms with Crippen LogP contribution in [0.3, 0.4) is 0 Å². The molecule has 2 amide bonds. The van der Waals surface area contributed by atoms with E-state index in [0.29, 0.717) is 45.9 Å². The Balaban J connectivity index is 1.57. The molecule has 2 aliphatic rings. The van der Waals surface area contributed by atoms with Gasteiger partial charge in [-0.2, -0.15) is 11.3 Å². The lowest BCUT2D eigenvalue weighted by Crippen LogP contribution is -2.53. The average Bonchev–Trinajstić information content (AvgIpc) is 2.99. The predicted molar refractivity (Wildman–Crippen MR) is 84.0 cm³/mol. The van der Waals surface area contributed by atoms with Crippen molar-refractivity contribution in [3.8, 4) is 0 Å². The van der Waals surface area contributed by atoms with Crippen molar-refractivity contribution in [2.24, 2.45) is 0 Å². The van der Waals surface area contributed by atoms with Crippen molar-refractivity contribution in [1.82, 2.24) is 15.1 Å². The molecule has 0 aromatic carbocycles. The van der Waals surface area contributed by atoms with Gasteiger partial charge in [-0.05, 0) is 17.9 Å². The number of thiophene rings is 1. The van der Waals surface area contributed by atoms with Gasteiger partial charge in [-0.3, -0.25) is 9.59 Å². The minimum Gasteiger partial charge on any atom is -0.378 e. The fourth-order valence-electron chi connectivity index (χ4n) is 2.85. The number of rotatable bonds is 2. The van der Waals surface area contributed by atoms with Crippen LogP contribution in [0.5, 0.6) is 0 Å². The highest BCUT2D eigenvalue weighted by Crippen LogP contribution is 2.13. The monoisotopic (exact) mass is 323 g/mol. The minimum absolute atomic E-state index is 0.0645. The lowest BCUT2D eigenvalue weighted by Gasteiger charge is -2.29. The molecule has 2 aliphatic heterocycles. The molecular formula is C15H21N3O3S. The zero-order valence-electron chi connectivity index (χ0n) is 12.5. The Morgan fingerprint density at radius 3 is 2.77 bits per heavy atom.